The van der Waals surface area contributed by atoms with Gasteiger partial charge in [0.05, 0.1) is 16.4 Å². The van der Waals surface area contributed by atoms with E-state index in [-0.39, 0.29) is 5.11 Å². The Morgan fingerprint density at radius 1 is 1.30 bits per heavy atom. The molecule has 0 aromatic heterocycles. The molecule has 0 unspecified atom stereocenters. The number of halogens is 2. The fourth-order valence-electron chi connectivity index (χ4n) is 2.59. The number of hydrogen-bond donors (Lipinski definition) is 2. The summed E-state index contributed by atoms with van der Waals surface area (Å²) in [7, 11) is 1.50. The van der Waals surface area contributed by atoms with Gasteiger partial charge in [-0.2, -0.15) is 5.10 Å². The van der Waals surface area contributed by atoms with E-state index < -0.39 is 23.6 Å². The van der Waals surface area contributed by atoms with E-state index >= 15 is 0 Å². The molecule has 1 heterocycles. The quantitative estimate of drug-likeness (QED) is 0.194. The summed E-state index contributed by atoms with van der Waals surface area (Å²) in [6.07, 6.45) is 1.06. The number of ether oxygens (including phenoxy) is 1. The first-order valence-corrected chi connectivity index (χ1v) is 10.3. The SMILES string of the molecule is COc1cc(C(=O)N/N=C\[C@@H]2C(=O)NC(=S)N(c3ccc(Cl)cc3)C2=O)ccc1I. The molecule has 154 valence electrons. The summed E-state index contributed by atoms with van der Waals surface area (Å²) in [6.45, 7) is 0. The maximum absolute atomic E-state index is 12.8. The molecule has 3 rings (SSSR count). The summed E-state index contributed by atoms with van der Waals surface area (Å²) in [5.41, 5.74) is 3.06. The maximum Gasteiger partial charge on any atom is 0.271 e. The second-order valence-corrected chi connectivity index (χ2v) is 7.98. The molecule has 30 heavy (non-hydrogen) atoms. The predicted octanol–water partition coefficient (Wildman–Crippen LogP) is 2.73. The van der Waals surface area contributed by atoms with Crippen LogP contribution in [0.1, 0.15) is 10.4 Å². The van der Waals surface area contributed by atoms with Gasteiger partial charge in [-0.3, -0.25) is 19.3 Å². The highest BCUT2D eigenvalue weighted by Crippen LogP contribution is 2.23. The smallest absolute Gasteiger partial charge is 0.271 e. The zero-order valence-corrected chi connectivity index (χ0v) is 19.1. The van der Waals surface area contributed by atoms with Crippen molar-refractivity contribution in [3.63, 3.8) is 0 Å². The third kappa shape index (κ3) is 4.77. The standard InChI is InChI=1S/C19H14ClIN4O4S/c1-29-15-8-10(2-7-14(15)21)16(26)24-22-9-13-17(27)23-19(30)25(18(13)28)12-5-3-11(20)4-6-12/h2-9,13H,1H3,(H,24,26)(H,23,27,30)/b22-9-/t13-/m1/s1. The van der Waals surface area contributed by atoms with E-state index in [4.69, 9.17) is 28.6 Å². The highest BCUT2D eigenvalue weighted by atomic mass is 127. The monoisotopic (exact) mass is 556 g/mol. The lowest BCUT2D eigenvalue weighted by atomic mass is 10.1. The number of anilines is 1. The van der Waals surface area contributed by atoms with Gasteiger partial charge in [0, 0.05) is 16.8 Å². The van der Waals surface area contributed by atoms with Crippen molar-refractivity contribution in [3.05, 3.63) is 56.6 Å². The molecule has 0 aliphatic carbocycles. The van der Waals surface area contributed by atoms with Crippen LogP contribution in [0.5, 0.6) is 5.75 Å². The summed E-state index contributed by atoms with van der Waals surface area (Å²) in [6, 6.07) is 11.3. The van der Waals surface area contributed by atoms with E-state index in [1.54, 1.807) is 42.5 Å². The largest absolute Gasteiger partial charge is 0.496 e. The topological polar surface area (TPSA) is 100 Å². The summed E-state index contributed by atoms with van der Waals surface area (Å²) in [5.74, 6) is -2.47. The number of carbonyl (C=O) groups excluding carboxylic acids is 3. The first-order chi connectivity index (χ1) is 14.3. The van der Waals surface area contributed by atoms with Crippen LogP contribution >= 0.6 is 46.4 Å². The summed E-state index contributed by atoms with van der Waals surface area (Å²) in [5, 5.41) is 6.68. The minimum Gasteiger partial charge on any atom is -0.496 e. The summed E-state index contributed by atoms with van der Waals surface area (Å²) >= 11 is 13.1. The van der Waals surface area contributed by atoms with Gasteiger partial charge in [-0.1, -0.05) is 11.6 Å². The Bertz CT molecular complexity index is 1060. The molecule has 11 heteroatoms. The van der Waals surface area contributed by atoms with Crippen molar-refractivity contribution >= 4 is 81.1 Å². The van der Waals surface area contributed by atoms with E-state index in [0.29, 0.717) is 22.0 Å². The average molecular weight is 557 g/mol. The van der Waals surface area contributed by atoms with Gasteiger partial charge < -0.3 is 10.1 Å². The lowest BCUT2D eigenvalue weighted by molar-refractivity contribution is -0.130. The number of carbonyl (C=O) groups is 3. The number of hydrogen-bond acceptors (Lipinski definition) is 6. The van der Waals surface area contributed by atoms with Crippen LogP contribution in [0.2, 0.25) is 5.02 Å². The highest BCUT2D eigenvalue weighted by Gasteiger charge is 2.38. The van der Waals surface area contributed by atoms with Gasteiger partial charge in [0.15, 0.2) is 11.0 Å². The number of thiocarbonyl (C=S) groups is 1. The van der Waals surface area contributed by atoms with Crippen molar-refractivity contribution in [2.24, 2.45) is 11.0 Å². The molecule has 0 radical (unpaired) electrons. The molecular formula is C19H14ClIN4O4S. The molecule has 2 N–H and O–H groups in total. The van der Waals surface area contributed by atoms with Crippen molar-refractivity contribution in [1.82, 2.24) is 10.7 Å². The molecule has 0 bridgehead atoms. The molecule has 1 aliphatic rings. The molecule has 0 saturated carbocycles. The number of nitrogens with zero attached hydrogens (tertiary/aromatic N) is 2. The van der Waals surface area contributed by atoms with Crippen LogP contribution in [-0.2, 0) is 9.59 Å². The Kier molecular flexibility index (Phi) is 7.00. The van der Waals surface area contributed by atoms with Gasteiger partial charge in [-0.25, -0.2) is 5.43 Å². The van der Waals surface area contributed by atoms with Gasteiger partial charge in [0.2, 0.25) is 5.91 Å². The number of rotatable bonds is 5. The second kappa shape index (κ2) is 9.49. The van der Waals surface area contributed by atoms with E-state index in [1.165, 1.54) is 12.0 Å². The van der Waals surface area contributed by atoms with Crippen LogP contribution < -0.4 is 20.4 Å². The fourth-order valence-corrected chi connectivity index (χ4v) is 3.57. The van der Waals surface area contributed by atoms with Crippen molar-refractivity contribution in [1.29, 1.82) is 0 Å². The minimum atomic E-state index is -1.26. The van der Waals surface area contributed by atoms with Crippen molar-refractivity contribution in [3.8, 4) is 5.75 Å². The van der Waals surface area contributed by atoms with Crippen LogP contribution in [-0.4, -0.2) is 36.2 Å². The molecule has 2 aromatic rings. The van der Waals surface area contributed by atoms with Crippen LogP contribution in [0.25, 0.3) is 0 Å². The Morgan fingerprint density at radius 2 is 2.00 bits per heavy atom. The van der Waals surface area contributed by atoms with E-state index in [2.05, 4.69) is 38.4 Å². The zero-order chi connectivity index (χ0) is 21.8. The van der Waals surface area contributed by atoms with Crippen LogP contribution in [0.15, 0.2) is 47.6 Å². The van der Waals surface area contributed by atoms with Gasteiger partial charge in [0.25, 0.3) is 11.8 Å². The molecule has 2 aromatic carbocycles. The van der Waals surface area contributed by atoms with E-state index in [0.717, 1.165) is 9.78 Å². The van der Waals surface area contributed by atoms with Gasteiger partial charge in [0.1, 0.15) is 5.75 Å². The van der Waals surface area contributed by atoms with Gasteiger partial charge in [-0.05, 0) is 77.3 Å². The van der Waals surface area contributed by atoms with Crippen molar-refractivity contribution < 1.29 is 19.1 Å². The molecule has 1 atom stereocenters. The molecule has 8 nitrogen and oxygen atoms in total. The number of nitrogens with one attached hydrogen (secondary N) is 2. The molecule has 0 spiro atoms. The lowest BCUT2D eigenvalue weighted by Crippen LogP contribution is -2.58. The summed E-state index contributed by atoms with van der Waals surface area (Å²) in [4.78, 5) is 38.5. The Labute approximate surface area is 195 Å². The molecular weight excluding hydrogens is 543 g/mol. The fraction of sp³-hybridized carbons (Fsp3) is 0.105. The number of hydrazone groups is 1. The third-order valence-corrected chi connectivity index (χ3v) is 5.52. The second-order valence-electron chi connectivity index (χ2n) is 5.99. The van der Waals surface area contributed by atoms with Gasteiger partial charge >= 0.3 is 0 Å². The number of methoxy groups -OCH3 is 1. The van der Waals surface area contributed by atoms with E-state index in [9.17, 15) is 14.4 Å². The Balaban J connectivity index is 1.74. The van der Waals surface area contributed by atoms with E-state index in [1.807, 2.05) is 0 Å². The van der Waals surface area contributed by atoms with Crippen molar-refractivity contribution in [2.45, 2.75) is 0 Å². The van der Waals surface area contributed by atoms with Gasteiger partial charge in [-0.15, -0.1) is 0 Å². The van der Waals surface area contributed by atoms with Crippen LogP contribution in [0, 0.1) is 9.49 Å². The zero-order valence-electron chi connectivity index (χ0n) is 15.4. The van der Waals surface area contributed by atoms with Crippen LogP contribution in [0.3, 0.4) is 0 Å². The molecule has 1 fully saturated rings. The van der Waals surface area contributed by atoms with Crippen molar-refractivity contribution in [2.75, 3.05) is 12.0 Å². The third-order valence-electron chi connectivity index (χ3n) is 4.09. The first-order valence-electron chi connectivity index (χ1n) is 8.43. The minimum absolute atomic E-state index is 0.0491. The average Bonchev–Trinajstić information content (AvgIpc) is 2.71. The Morgan fingerprint density at radius 3 is 2.67 bits per heavy atom. The number of amides is 3. The summed E-state index contributed by atoms with van der Waals surface area (Å²) < 4.78 is 6.03. The first kappa shape index (κ1) is 22.1. The lowest BCUT2D eigenvalue weighted by Gasteiger charge is -2.30. The number of benzene rings is 2. The molecule has 1 aliphatic heterocycles. The molecule has 3 amide bonds. The molecule has 1 saturated heterocycles. The van der Waals surface area contributed by atoms with Crippen LogP contribution in [0.4, 0.5) is 5.69 Å². The predicted molar refractivity (Wildman–Crippen MR) is 125 cm³/mol. The Hall–Kier alpha value is -2.57. The normalized spacial score (nSPS) is 16.6. The maximum atomic E-state index is 12.8. The highest BCUT2D eigenvalue weighted by molar-refractivity contribution is 14.1.